The summed E-state index contributed by atoms with van der Waals surface area (Å²) in [6.45, 7) is 16.3. The summed E-state index contributed by atoms with van der Waals surface area (Å²) in [7, 11) is 0. The van der Waals surface area contributed by atoms with Crippen molar-refractivity contribution in [2.75, 3.05) is 13.1 Å². The van der Waals surface area contributed by atoms with Crippen LogP contribution in [0.25, 0.3) is 0 Å². The SMILES string of the molecule is C=CCC(CCC)CC(C)=O.CC.CCCCC1CCCNC1.Fc1ccccc1. The molecule has 1 saturated heterocycles. The minimum atomic E-state index is -0.178. The van der Waals surface area contributed by atoms with Crippen LogP contribution in [0.4, 0.5) is 4.39 Å². The largest absolute Gasteiger partial charge is 0.316 e. The number of benzene rings is 1. The number of unbranched alkanes of at least 4 members (excludes halogenated alkanes) is 1. The molecule has 0 saturated carbocycles. The van der Waals surface area contributed by atoms with Crippen molar-refractivity contribution in [3.05, 3.63) is 48.8 Å². The number of ketones is 1. The average Bonchev–Trinajstić information content (AvgIpc) is 2.76. The summed E-state index contributed by atoms with van der Waals surface area (Å²) >= 11 is 0. The first kappa shape index (κ1) is 30.7. The molecule has 30 heavy (non-hydrogen) atoms. The highest BCUT2D eigenvalue weighted by Crippen LogP contribution is 2.16. The second-order valence-electron chi connectivity index (χ2n) is 7.74. The molecular formula is C27H48FNO. The summed E-state index contributed by atoms with van der Waals surface area (Å²) in [5, 5.41) is 3.44. The van der Waals surface area contributed by atoms with Crippen LogP contribution in [0, 0.1) is 17.7 Å². The van der Waals surface area contributed by atoms with E-state index >= 15 is 0 Å². The molecule has 1 N–H and O–H groups in total. The third-order valence-electron chi connectivity index (χ3n) is 4.87. The van der Waals surface area contributed by atoms with Gasteiger partial charge >= 0.3 is 0 Å². The molecule has 1 aliphatic heterocycles. The molecule has 1 heterocycles. The number of carbonyl (C=O) groups excluding carboxylic acids is 1. The van der Waals surface area contributed by atoms with Crippen LogP contribution in [-0.4, -0.2) is 18.9 Å². The first-order valence-corrected chi connectivity index (χ1v) is 12.0. The molecule has 0 aliphatic carbocycles. The lowest BCUT2D eigenvalue weighted by atomic mass is 9.94. The summed E-state index contributed by atoms with van der Waals surface area (Å²) in [6.07, 6.45) is 13.0. The van der Waals surface area contributed by atoms with E-state index in [0.717, 1.165) is 31.6 Å². The highest BCUT2D eigenvalue weighted by atomic mass is 19.1. The number of carbonyl (C=O) groups is 1. The quantitative estimate of drug-likeness (QED) is 0.409. The molecule has 0 radical (unpaired) electrons. The number of hydrogen-bond donors (Lipinski definition) is 1. The van der Waals surface area contributed by atoms with Gasteiger partial charge in [0.05, 0.1) is 0 Å². The van der Waals surface area contributed by atoms with Gasteiger partial charge in [-0.05, 0) is 76.1 Å². The number of piperidine rings is 1. The molecule has 2 nitrogen and oxygen atoms in total. The van der Waals surface area contributed by atoms with Gasteiger partial charge in [-0.3, -0.25) is 0 Å². The first-order valence-electron chi connectivity index (χ1n) is 12.0. The Morgan fingerprint density at radius 1 is 1.23 bits per heavy atom. The van der Waals surface area contributed by atoms with Gasteiger partial charge in [0.2, 0.25) is 0 Å². The summed E-state index contributed by atoms with van der Waals surface area (Å²) < 4.78 is 11.9. The molecule has 1 aliphatic rings. The van der Waals surface area contributed by atoms with Crippen molar-refractivity contribution in [2.24, 2.45) is 11.8 Å². The van der Waals surface area contributed by atoms with E-state index in [-0.39, 0.29) is 5.82 Å². The Bertz CT molecular complexity index is 483. The maximum Gasteiger partial charge on any atom is 0.130 e. The summed E-state index contributed by atoms with van der Waals surface area (Å²) in [5.74, 6) is 1.65. The van der Waals surface area contributed by atoms with Gasteiger partial charge < -0.3 is 10.1 Å². The van der Waals surface area contributed by atoms with Crippen molar-refractivity contribution in [3.63, 3.8) is 0 Å². The van der Waals surface area contributed by atoms with Gasteiger partial charge in [-0.2, -0.15) is 0 Å². The van der Waals surface area contributed by atoms with Gasteiger partial charge in [0.25, 0.3) is 0 Å². The van der Waals surface area contributed by atoms with E-state index in [1.165, 1.54) is 57.3 Å². The smallest absolute Gasteiger partial charge is 0.130 e. The van der Waals surface area contributed by atoms with Crippen molar-refractivity contribution in [1.82, 2.24) is 5.32 Å². The predicted molar refractivity (Wildman–Crippen MR) is 131 cm³/mol. The van der Waals surface area contributed by atoms with E-state index in [1.807, 2.05) is 19.9 Å². The van der Waals surface area contributed by atoms with Crippen LogP contribution in [0.5, 0.6) is 0 Å². The van der Waals surface area contributed by atoms with E-state index in [0.29, 0.717) is 11.7 Å². The zero-order valence-electron chi connectivity index (χ0n) is 20.4. The predicted octanol–water partition coefficient (Wildman–Crippen LogP) is 7.99. The van der Waals surface area contributed by atoms with Gasteiger partial charge in [0.1, 0.15) is 11.6 Å². The number of rotatable bonds is 9. The lowest BCUT2D eigenvalue weighted by Gasteiger charge is -2.22. The fraction of sp³-hybridized carbons (Fsp3) is 0.667. The number of allylic oxidation sites excluding steroid dienone is 1. The average molecular weight is 422 g/mol. The van der Waals surface area contributed by atoms with Crippen LogP contribution in [0.15, 0.2) is 43.0 Å². The number of Topliss-reactive ketones (excluding diaryl/α,β-unsaturated/α-hetero) is 1. The van der Waals surface area contributed by atoms with Crippen LogP contribution in [0.3, 0.4) is 0 Å². The molecule has 2 rings (SSSR count). The summed E-state index contributed by atoms with van der Waals surface area (Å²) in [6, 6.07) is 7.94. The lowest BCUT2D eigenvalue weighted by Crippen LogP contribution is -2.29. The molecule has 0 aromatic heterocycles. The first-order chi connectivity index (χ1) is 14.5. The Labute approximate surface area is 186 Å². The van der Waals surface area contributed by atoms with Gasteiger partial charge in [-0.15, -0.1) is 6.58 Å². The highest BCUT2D eigenvalue weighted by molar-refractivity contribution is 5.75. The number of halogens is 1. The van der Waals surface area contributed by atoms with Crippen molar-refractivity contribution >= 4 is 5.78 Å². The maximum atomic E-state index is 11.9. The second-order valence-corrected chi connectivity index (χ2v) is 7.74. The minimum absolute atomic E-state index is 0.178. The van der Waals surface area contributed by atoms with Crippen molar-refractivity contribution in [2.45, 2.75) is 92.4 Å². The third kappa shape index (κ3) is 21.2. The molecule has 1 fully saturated rings. The van der Waals surface area contributed by atoms with Crippen LogP contribution in [0.2, 0.25) is 0 Å². The second kappa shape index (κ2) is 23.8. The van der Waals surface area contributed by atoms with Crippen molar-refractivity contribution < 1.29 is 9.18 Å². The Hall–Kier alpha value is -1.48. The Morgan fingerprint density at radius 2 is 1.90 bits per heavy atom. The lowest BCUT2D eigenvalue weighted by molar-refractivity contribution is -0.117. The molecular weight excluding hydrogens is 373 g/mol. The zero-order chi connectivity index (χ0) is 23.0. The van der Waals surface area contributed by atoms with Gasteiger partial charge in [0.15, 0.2) is 0 Å². The molecule has 0 amide bonds. The minimum Gasteiger partial charge on any atom is -0.316 e. The van der Waals surface area contributed by atoms with E-state index in [4.69, 9.17) is 0 Å². The summed E-state index contributed by atoms with van der Waals surface area (Å²) in [5.41, 5.74) is 0. The standard InChI is InChI=1S/C10H18O.C9H19N.C6H5F.C2H6/c1-4-6-10(7-5-2)8-9(3)11;1-2-3-5-9-6-4-7-10-8-9;7-6-4-2-1-3-5-6;1-2/h4,10H,1,5-8H2,2-3H3;9-10H,2-8H2,1H3;1-5H;1-2H3. The van der Waals surface area contributed by atoms with Crippen LogP contribution >= 0.6 is 0 Å². The molecule has 1 aromatic rings. The number of hydrogen-bond acceptors (Lipinski definition) is 2. The van der Waals surface area contributed by atoms with Gasteiger partial charge in [0, 0.05) is 6.42 Å². The van der Waals surface area contributed by atoms with E-state index in [1.54, 1.807) is 25.1 Å². The zero-order valence-corrected chi connectivity index (χ0v) is 20.4. The van der Waals surface area contributed by atoms with Gasteiger partial charge in [-0.1, -0.05) is 71.2 Å². The Morgan fingerprint density at radius 3 is 2.30 bits per heavy atom. The number of nitrogens with one attached hydrogen (secondary N) is 1. The van der Waals surface area contributed by atoms with Crippen LogP contribution < -0.4 is 5.32 Å². The molecule has 2 unspecified atom stereocenters. The fourth-order valence-electron chi connectivity index (χ4n) is 3.43. The summed E-state index contributed by atoms with van der Waals surface area (Å²) in [4.78, 5) is 10.8. The Kier molecular flexibility index (Phi) is 24.4. The molecule has 0 bridgehead atoms. The monoisotopic (exact) mass is 421 g/mol. The normalized spacial score (nSPS) is 15.7. The topological polar surface area (TPSA) is 29.1 Å². The highest BCUT2D eigenvalue weighted by Gasteiger charge is 2.11. The Balaban J connectivity index is 0. The maximum absolute atomic E-state index is 11.9. The van der Waals surface area contributed by atoms with E-state index < -0.39 is 0 Å². The molecule has 3 heteroatoms. The fourth-order valence-corrected chi connectivity index (χ4v) is 3.43. The van der Waals surface area contributed by atoms with Crippen molar-refractivity contribution in [1.29, 1.82) is 0 Å². The van der Waals surface area contributed by atoms with Crippen LogP contribution in [0.1, 0.15) is 92.4 Å². The van der Waals surface area contributed by atoms with E-state index in [2.05, 4.69) is 25.7 Å². The molecule has 0 spiro atoms. The molecule has 2 atom stereocenters. The molecule has 174 valence electrons. The van der Waals surface area contributed by atoms with Gasteiger partial charge in [-0.25, -0.2) is 4.39 Å². The molecule has 1 aromatic carbocycles. The van der Waals surface area contributed by atoms with Crippen LogP contribution in [-0.2, 0) is 4.79 Å². The van der Waals surface area contributed by atoms with E-state index in [9.17, 15) is 9.18 Å². The van der Waals surface area contributed by atoms with Crippen molar-refractivity contribution in [3.8, 4) is 0 Å². The third-order valence-corrected chi connectivity index (χ3v) is 4.87.